The van der Waals surface area contributed by atoms with Crippen LogP contribution < -0.4 is 5.32 Å². The van der Waals surface area contributed by atoms with E-state index >= 15 is 0 Å². The fraction of sp³-hybridized carbons (Fsp3) is 0.333. The van der Waals surface area contributed by atoms with E-state index in [9.17, 15) is 0 Å². The summed E-state index contributed by atoms with van der Waals surface area (Å²) < 4.78 is 6.64. The van der Waals surface area contributed by atoms with Crippen molar-refractivity contribution in [2.24, 2.45) is 5.92 Å². The molecule has 0 radical (unpaired) electrons. The van der Waals surface area contributed by atoms with E-state index in [4.69, 9.17) is 27.6 Å². The second-order valence-corrected chi connectivity index (χ2v) is 6.81. The summed E-state index contributed by atoms with van der Waals surface area (Å²) in [5, 5.41) is 4.28. The first-order valence-corrected chi connectivity index (χ1v) is 8.07. The monoisotopic (exact) mass is 373 g/mol. The molecule has 20 heavy (non-hydrogen) atoms. The van der Waals surface area contributed by atoms with Crippen LogP contribution in [0.2, 0.25) is 10.0 Å². The lowest BCUT2D eigenvalue weighted by Gasteiger charge is -2.09. The summed E-state index contributed by atoms with van der Waals surface area (Å²) in [6.07, 6.45) is 1.23. The Balaban J connectivity index is 1.67. The van der Waals surface area contributed by atoms with E-state index in [1.807, 2.05) is 18.2 Å². The van der Waals surface area contributed by atoms with Crippen LogP contribution in [-0.2, 0) is 6.54 Å². The van der Waals surface area contributed by atoms with Gasteiger partial charge in [-0.25, -0.2) is 0 Å². The summed E-state index contributed by atoms with van der Waals surface area (Å²) in [5.41, 5.74) is 0.803. The van der Waals surface area contributed by atoms with Crippen LogP contribution in [-0.4, -0.2) is 0 Å². The Bertz CT molecular complexity index is 641. The van der Waals surface area contributed by atoms with E-state index in [1.54, 1.807) is 0 Å². The predicted octanol–water partition coefficient (Wildman–Crippen LogP) is 6.08. The Morgan fingerprint density at radius 2 is 2.00 bits per heavy atom. The molecule has 1 aliphatic carbocycles. The molecule has 0 saturated heterocycles. The zero-order valence-electron chi connectivity index (χ0n) is 10.9. The molecule has 1 saturated carbocycles. The highest BCUT2D eigenvalue weighted by Gasteiger charge is 2.36. The predicted molar refractivity (Wildman–Crippen MR) is 86.7 cm³/mol. The van der Waals surface area contributed by atoms with Gasteiger partial charge in [-0.1, -0.05) is 30.1 Å². The van der Waals surface area contributed by atoms with Crippen molar-refractivity contribution in [3.05, 3.63) is 50.3 Å². The van der Waals surface area contributed by atoms with Crippen LogP contribution in [0.1, 0.15) is 30.8 Å². The van der Waals surface area contributed by atoms with Gasteiger partial charge in [0.15, 0.2) is 0 Å². The van der Waals surface area contributed by atoms with Crippen molar-refractivity contribution >= 4 is 44.8 Å². The fourth-order valence-corrected chi connectivity index (χ4v) is 3.09. The summed E-state index contributed by atoms with van der Waals surface area (Å²) >= 11 is 15.6. The molecule has 1 heterocycles. The van der Waals surface area contributed by atoms with Crippen molar-refractivity contribution in [1.29, 1.82) is 0 Å². The second-order valence-electron chi connectivity index (χ2n) is 5.20. The molecule has 0 spiro atoms. The van der Waals surface area contributed by atoms with E-state index < -0.39 is 0 Å². The minimum atomic E-state index is 0.517. The standard InChI is InChI=1S/C15H14BrCl2NO/c1-8-6-10(8)13-5-2-9(20-13)7-19-12-4-3-11(16)14(17)15(12)18/h2-5,8,10,19H,6-7H2,1H3. The quantitative estimate of drug-likeness (QED) is 0.655. The minimum absolute atomic E-state index is 0.517. The molecule has 0 bridgehead atoms. The van der Waals surface area contributed by atoms with Crippen molar-refractivity contribution in [3.63, 3.8) is 0 Å². The van der Waals surface area contributed by atoms with Gasteiger partial charge in [0.2, 0.25) is 0 Å². The number of anilines is 1. The van der Waals surface area contributed by atoms with Crippen LogP contribution in [0.3, 0.4) is 0 Å². The van der Waals surface area contributed by atoms with Gasteiger partial charge in [0, 0.05) is 10.4 Å². The van der Waals surface area contributed by atoms with E-state index in [-0.39, 0.29) is 0 Å². The average Bonchev–Trinajstić information content (AvgIpc) is 2.98. The third kappa shape index (κ3) is 2.85. The lowest BCUT2D eigenvalue weighted by atomic mass is 10.3. The van der Waals surface area contributed by atoms with Gasteiger partial charge < -0.3 is 9.73 Å². The first-order chi connectivity index (χ1) is 9.56. The highest BCUT2D eigenvalue weighted by molar-refractivity contribution is 9.10. The molecule has 2 atom stereocenters. The molecule has 106 valence electrons. The molecule has 2 aromatic rings. The molecule has 1 N–H and O–H groups in total. The highest BCUT2D eigenvalue weighted by Crippen LogP contribution is 2.47. The second kappa shape index (κ2) is 5.63. The molecule has 1 aliphatic rings. The number of rotatable bonds is 4. The maximum Gasteiger partial charge on any atom is 0.123 e. The summed E-state index contributed by atoms with van der Waals surface area (Å²) in [7, 11) is 0. The van der Waals surface area contributed by atoms with Gasteiger partial charge in [0.1, 0.15) is 11.5 Å². The van der Waals surface area contributed by atoms with Gasteiger partial charge in [0.25, 0.3) is 0 Å². The summed E-state index contributed by atoms with van der Waals surface area (Å²) in [6.45, 7) is 2.84. The summed E-state index contributed by atoms with van der Waals surface area (Å²) in [6, 6.07) is 7.85. The van der Waals surface area contributed by atoms with Crippen molar-refractivity contribution in [2.45, 2.75) is 25.8 Å². The molecule has 1 aromatic carbocycles. The first kappa shape index (κ1) is 14.3. The average molecular weight is 375 g/mol. The van der Waals surface area contributed by atoms with E-state index in [0.717, 1.165) is 27.6 Å². The van der Waals surface area contributed by atoms with Crippen molar-refractivity contribution in [2.75, 3.05) is 5.32 Å². The molecule has 3 rings (SSSR count). The molecular weight excluding hydrogens is 361 g/mol. The van der Waals surface area contributed by atoms with Crippen LogP contribution in [0.25, 0.3) is 0 Å². The lowest BCUT2D eigenvalue weighted by Crippen LogP contribution is -1.99. The third-order valence-corrected chi connectivity index (χ3v) is 5.42. The normalized spacial score (nSPS) is 21.0. The maximum absolute atomic E-state index is 6.19. The third-order valence-electron chi connectivity index (χ3n) is 3.65. The van der Waals surface area contributed by atoms with Gasteiger partial charge in [-0.2, -0.15) is 0 Å². The molecule has 1 fully saturated rings. The van der Waals surface area contributed by atoms with E-state index in [0.29, 0.717) is 22.5 Å². The Kier molecular flexibility index (Phi) is 4.02. The molecular formula is C15H14BrCl2NO. The molecule has 2 nitrogen and oxygen atoms in total. The van der Waals surface area contributed by atoms with Gasteiger partial charge in [-0.15, -0.1) is 0 Å². The lowest BCUT2D eigenvalue weighted by molar-refractivity contribution is 0.468. The number of benzene rings is 1. The van der Waals surface area contributed by atoms with Crippen molar-refractivity contribution in [3.8, 4) is 0 Å². The molecule has 1 aromatic heterocycles. The minimum Gasteiger partial charge on any atom is -0.464 e. The van der Waals surface area contributed by atoms with Crippen LogP contribution in [0.4, 0.5) is 5.69 Å². The van der Waals surface area contributed by atoms with Crippen LogP contribution >= 0.6 is 39.1 Å². The number of halogens is 3. The molecule has 2 unspecified atom stereocenters. The first-order valence-electron chi connectivity index (χ1n) is 6.52. The Hall–Kier alpha value is -0.640. The van der Waals surface area contributed by atoms with Crippen LogP contribution in [0.5, 0.6) is 0 Å². The zero-order chi connectivity index (χ0) is 14.3. The van der Waals surface area contributed by atoms with E-state index in [2.05, 4.69) is 34.2 Å². The topological polar surface area (TPSA) is 25.2 Å². The Labute approximate surface area is 136 Å². The van der Waals surface area contributed by atoms with Crippen molar-refractivity contribution < 1.29 is 4.42 Å². The highest BCUT2D eigenvalue weighted by atomic mass is 79.9. The fourth-order valence-electron chi connectivity index (χ4n) is 2.25. The van der Waals surface area contributed by atoms with Gasteiger partial charge in [0.05, 0.1) is 22.3 Å². The number of hydrogen-bond donors (Lipinski definition) is 1. The summed E-state index contributed by atoms with van der Waals surface area (Å²) in [4.78, 5) is 0. The largest absolute Gasteiger partial charge is 0.464 e. The number of hydrogen-bond acceptors (Lipinski definition) is 2. The molecule has 0 amide bonds. The zero-order valence-corrected chi connectivity index (χ0v) is 14.0. The SMILES string of the molecule is CC1CC1c1ccc(CNc2ccc(Br)c(Cl)c2Cl)o1. The Morgan fingerprint density at radius 1 is 1.25 bits per heavy atom. The Morgan fingerprint density at radius 3 is 2.70 bits per heavy atom. The molecule has 0 aliphatic heterocycles. The maximum atomic E-state index is 6.19. The number of furan rings is 1. The van der Waals surface area contributed by atoms with Crippen LogP contribution in [0, 0.1) is 5.92 Å². The smallest absolute Gasteiger partial charge is 0.123 e. The van der Waals surface area contributed by atoms with Crippen LogP contribution in [0.15, 0.2) is 33.2 Å². The van der Waals surface area contributed by atoms with Gasteiger partial charge >= 0.3 is 0 Å². The summed E-state index contributed by atoms with van der Waals surface area (Å²) in [5.74, 6) is 3.36. The van der Waals surface area contributed by atoms with Gasteiger partial charge in [-0.05, 0) is 52.5 Å². The number of nitrogens with one attached hydrogen (secondary N) is 1. The van der Waals surface area contributed by atoms with Gasteiger partial charge in [-0.3, -0.25) is 0 Å². The van der Waals surface area contributed by atoms with Crippen molar-refractivity contribution in [1.82, 2.24) is 0 Å². The molecule has 5 heteroatoms. The van der Waals surface area contributed by atoms with E-state index in [1.165, 1.54) is 6.42 Å².